The summed E-state index contributed by atoms with van der Waals surface area (Å²) in [4.78, 5) is 0. The Morgan fingerprint density at radius 1 is 1.20 bits per heavy atom. The van der Waals surface area contributed by atoms with Crippen LogP contribution < -0.4 is 0 Å². The summed E-state index contributed by atoms with van der Waals surface area (Å²) >= 11 is 6.16. The Morgan fingerprint density at radius 2 is 1.87 bits per heavy atom. The highest BCUT2D eigenvalue weighted by atomic mass is 35.5. The van der Waals surface area contributed by atoms with Crippen molar-refractivity contribution in [3.63, 3.8) is 0 Å². The van der Waals surface area contributed by atoms with Gasteiger partial charge in [-0.05, 0) is 19.4 Å². The Labute approximate surface area is 94.5 Å². The largest absolute Gasteiger partial charge is 0.249 e. The van der Waals surface area contributed by atoms with Crippen LogP contribution in [0.1, 0.15) is 16.8 Å². The van der Waals surface area contributed by atoms with Crippen molar-refractivity contribution in [2.24, 2.45) is 0 Å². The second-order valence-corrected chi connectivity index (χ2v) is 4.00. The van der Waals surface area contributed by atoms with Crippen LogP contribution in [0.4, 0.5) is 0 Å². The number of hydrogen-bond acceptors (Lipinski definition) is 1. The summed E-state index contributed by atoms with van der Waals surface area (Å²) in [6, 6.07) is 10.2. The number of hydrogen-bond donors (Lipinski definition) is 0. The maximum absolute atomic E-state index is 6.16. The highest BCUT2D eigenvalue weighted by Gasteiger charge is 2.08. The molecular weight excluding hydrogens is 208 g/mol. The first-order valence-corrected chi connectivity index (χ1v) is 5.29. The zero-order chi connectivity index (χ0) is 10.8. The van der Waals surface area contributed by atoms with Gasteiger partial charge in [-0.25, -0.2) is 4.68 Å². The lowest BCUT2D eigenvalue weighted by molar-refractivity contribution is 0.680. The smallest absolute Gasteiger partial charge is 0.130 e. The molecule has 0 aliphatic heterocycles. The summed E-state index contributed by atoms with van der Waals surface area (Å²) < 4.78 is 1.83. The average Bonchev–Trinajstić information content (AvgIpc) is 2.48. The molecule has 1 aromatic carbocycles. The van der Waals surface area contributed by atoms with Crippen molar-refractivity contribution in [2.75, 3.05) is 0 Å². The van der Waals surface area contributed by atoms with Crippen molar-refractivity contribution in [1.29, 1.82) is 0 Å². The van der Waals surface area contributed by atoms with E-state index in [4.69, 9.17) is 11.6 Å². The van der Waals surface area contributed by atoms with Gasteiger partial charge in [0.25, 0.3) is 0 Å². The quantitative estimate of drug-likeness (QED) is 0.760. The summed E-state index contributed by atoms with van der Waals surface area (Å²) in [6.07, 6.45) is 0. The maximum Gasteiger partial charge on any atom is 0.130 e. The summed E-state index contributed by atoms with van der Waals surface area (Å²) in [6.45, 7) is 4.70. The predicted octanol–water partition coefficient (Wildman–Crippen LogP) is 3.20. The Morgan fingerprint density at radius 3 is 2.40 bits per heavy atom. The van der Waals surface area contributed by atoms with E-state index in [0.717, 1.165) is 23.0 Å². The molecule has 0 radical (unpaired) electrons. The SMILES string of the molecule is Cc1nn(Cc2ccccc2)c(Cl)c1C. The topological polar surface area (TPSA) is 17.8 Å². The molecule has 0 bridgehead atoms. The van der Waals surface area contributed by atoms with E-state index >= 15 is 0 Å². The average molecular weight is 221 g/mol. The van der Waals surface area contributed by atoms with Gasteiger partial charge in [0.2, 0.25) is 0 Å². The molecule has 0 fully saturated rings. The molecule has 0 unspecified atom stereocenters. The van der Waals surface area contributed by atoms with Crippen LogP contribution in [0.5, 0.6) is 0 Å². The van der Waals surface area contributed by atoms with Gasteiger partial charge in [-0.15, -0.1) is 0 Å². The van der Waals surface area contributed by atoms with Crippen LogP contribution >= 0.6 is 11.6 Å². The molecular formula is C12H13ClN2. The molecule has 1 heterocycles. The first-order chi connectivity index (χ1) is 7.18. The number of aromatic nitrogens is 2. The van der Waals surface area contributed by atoms with Crippen molar-refractivity contribution >= 4 is 11.6 Å². The molecule has 1 aromatic heterocycles. The van der Waals surface area contributed by atoms with Crippen molar-refractivity contribution in [3.8, 4) is 0 Å². The van der Waals surface area contributed by atoms with Gasteiger partial charge in [-0.2, -0.15) is 5.10 Å². The van der Waals surface area contributed by atoms with Crippen molar-refractivity contribution < 1.29 is 0 Å². The predicted molar refractivity (Wildman–Crippen MR) is 62.3 cm³/mol. The molecule has 0 aliphatic rings. The first kappa shape index (κ1) is 10.2. The molecule has 2 rings (SSSR count). The third-order valence-corrected chi connectivity index (χ3v) is 3.00. The van der Waals surface area contributed by atoms with Crippen LogP contribution in [0.25, 0.3) is 0 Å². The second-order valence-electron chi connectivity index (χ2n) is 3.64. The molecule has 0 amide bonds. The fraction of sp³-hybridized carbons (Fsp3) is 0.250. The standard InChI is InChI=1S/C12H13ClN2/c1-9-10(2)14-15(12(9)13)8-11-6-4-3-5-7-11/h3-7H,8H2,1-2H3. The van der Waals surface area contributed by atoms with E-state index in [1.807, 2.05) is 36.7 Å². The Bertz CT molecular complexity index is 460. The van der Waals surface area contributed by atoms with E-state index in [9.17, 15) is 0 Å². The number of benzene rings is 1. The lowest BCUT2D eigenvalue weighted by Crippen LogP contribution is -2.01. The number of halogens is 1. The third kappa shape index (κ3) is 2.05. The van der Waals surface area contributed by atoms with E-state index < -0.39 is 0 Å². The number of nitrogens with zero attached hydrogens (tertiary/aromatic N) is 2. The fourth-order valence-electron chi connectivity index (χ4n) is 1.50. The van der Waals surface area contributed by atoms with Gasteiger partial charge >= 0.3 is 0 Å². The van der Waals surface area contributed by atoms with Crippen LogP contribution in [0.3, 0.4) is 0 Å². The molecule has 0 spiro atoms. The lowest BCUT2D eigenvalue weighted by atomic mass is 10.2. The molecule has 0 saturated carbocycles. The van der Waals surface area contributed by atoms with Gasteiger partial charge in [0, 0.05) is 5.56 Å². The molecule has 2 nitrogen and oxygen atoms in total. The van der Waals surface area contributed by atoms with Gasteiger partial charge in [0.15, 0.2) is 0 Å². The Kier molecular flexibility index (Phi) is 2.78. The highest BCUT2D eigenvalue weighted by Crippen LogP contribution is 2.19. The van der Waals surface area contributed by atoms with Crippen LogP contribution in [-0.2, 0) is 6.54 Å². The monoisotopic (exact) mass is 220 g/mol. The molecule has 0 saturated heterocycles. The fourth-order valence-corrected chi connectivity index (χ4v) is 1.74. The zero-order valence-electron chi connectivity index (χ0n) is 8.87. The molecule has 0 atom stereocenters. The van der Waals surface area contributed by atoms with Crippen molar-refractivity contribution in [3.05, 3.63) is 52.3 Å². The minimum Gasteiger partial charge on any atom is -0.249 e. The normalized spacial score (nSPS) is 10.6. The zero-order valence-corrected chi connectivity index (χ0v) is 9.62. The second kappa shape index (κ2) is 4.07. The molecule has 78 valence electrons. The van der Waals surface area contributed by atoms with Crippen LogP contribution in [0.15, 0.2) is 30.3 Å². The molecule has 15 heavy (non-hydrogen) atoms. The molecule has 2 aromatic rings. The van der Waals surface area contributed by atoms with Gasteiger partial charge in [-0.1, -0.05) is 41.9 Å². The van der Waals surface area contributed by atoms with E-state index in [0.29, 0.717) is 0 Å². The van der Waals surface area contributed by atoms with Crippen LogP contribution in [0.2, 0.25) is 5.15 Å². The van der Waals surface area contributed by atoms with Gasteiger partial charge in [-0.3, -0.25) is 0 Å². The number of aryl methyl sites for hydroxylation is 1. The molecule has 3 heteroatoms. The number of rotatable bonds is 2. The minimum absolute atomic E-state index is 0.731. The molecule has 0 aliphatic carbocycles. The summed E-state index contributed by atoms with van der Waals surface area (Å²) in [7, 11) is 0. The molecule has 0 N–H and O–H groups in total. The highest BCUT2D eigenvalue weighted by molar-refractivity contribution is 6.30. The lowest BCUT2D eigenvalue weighted by Gasteiger charge is -2.02. The summed E-state index contributed by atoms with van der Waals surface area (Å²) in [5, 5.41) is 5.12. The summed E-state index contributed by atoms with van der Waals surface area (Å²) in [5.74, 6) is 0. The van der Waals surface area contributed by atoms with Crippen LogP contribution in [0, 0.1) is 13.8 Å². The van der Waals surface area contributed by atoms with Crippen molar-refractivity contribution in [2.45, 2.75) is 20.4 Å². The minimum atomic E-state index is 0.731. The van der Waals surface area contributed by atoms with E-state index in [2.05, 4.69) is 17.2 Å². The Hall–Kier alpha value is -1.28. The van der Waals surface area contributed by atoms with E-state index in [1.165, 1.54) is 5.56 Å². The first-order valence-electron chi connectivity index (χ1n) is 4.92. The van der Waals surface area contributed by atoms with Gasteiger partial charge < -0.3 is 0 Å². The Balaban J connectivity index is 2.29. The van der Waals surface area contributed by atoms with Gasteiger partial charge in [0.05, 0.1) is 12.2 Å². The maximum atomic E-state index is 6.16. The van der Waals surface area contributed by atoms with E-state index in [1.54, 1.807) is 0 Å². The van der Waals surface area contributed by atoms with E-state index in [-0.39, 0.29) is 0 Å². The van der Waals surface area contributed by atoms with Crippen molar-refractivity contribution in [1.82, 2.24) is 9.78 Å². The van der Waals surface area contributed by atoms with Crippen LogP contribution in [-0.4, -0.2) is 9.78 Å². The van der Waals surface area contributed by atoms with Gasteiger partial charge in [0.1, 0.15) is 5.15 Å². The summed E-state index contributed by atoms with van der Waals surface area (Å²) in [5.41, 5.74) is 3.27. The third-order valence-electron chi connectivity index (χ3n) is 2.52.